The lowest BCUT2D eigenvalue weighted by Crippen LogP contribution is -2.40. The van der Waals surface area contributed by atoms with Crippen molar-refractivity contribution in [3.8, 4) is 0 Å². The minimum Gasteiger partial charge on any atom is -0.341 e. The van der Waals surface area contributed by atoms with Gasteiger partial charge in [0.1, 0.15) is 0 Å². The van der Waals surface area contributed by atoms with Crippen molar-refractivity contribution in [2.45, 2.75) is 23.5 Å². The van der Waals surface area contributed by atoms with Crippen LogP contribution in [0.1, 0.15) is 12.8 Å². The molecule has 1 aromatic carbocycles. The average molecular weight is 329 g/mol. The normalized spacial score (nSPS) is 14.2. The average Bonchev–Trinajstić information content (AvgIpc) is 3.00. The van der Waals surface area contributed by atoms with Crippen molar-refractivity contribution < 1.29 is 18.4 Å². The molecule has 0 atom stereocenters. The van der Waals surface area contributed by atoms with Crippen LogP contribution in [0.3, 0.4) is 0 Å². The Morgan fingerprint density at radius 3 is 2.59 bits per heavy atom. The van der Waals surface area contributed by atoms with Gasteiger partial charge in [0.25, 0.3) is 5.76 Å². The summed E-state index contributed by atoms with van der Waals surface area (Å²) >= 11 is 0.361. The second kappa shape index (κ2) is 7.98. The molecule has 1 saturated heterocycles. The number of amides is 3. The monoisotopic (exact) mass is 329 g/mol. The number of hydrogen-bond acceptors (Lipinski definition) is 3. The number of likely N-dealkylation sites (tertiary alicyclic amines) is 1. The van der Waals surface area contributed by atoms with Gasteiger partial charge in [0.15, 0.2) is 0 Å². The fraction of sp³-hybridized carbons (Fsp3) is 0.429. The SMILES string of the molecule is O=C(NCC(=O)N1CCCC1)Nc1ccccc1SC(F)F. The van der Waals surface area contributed by atoms with E-state index in [2.05, 4.69) is 10.6 Å². The Labute approximate surface area is 131 Å². The van der Waals surface area contributed by atoms with Gasteiger partial charge in [0, 0.05) is 18.0 Å². The molecule has 5 nitrogen and oxygen atoms in total. The highest BCUT2D eigenvalue weighted by Gasteiger charge is 2.18. The van der Waals surface area contributed by atoms with Crippen molar-refractivity contribution >= 4 is 29.4 Å². The molecule has 1 heterocycles. The van der Waals surface area contributed by atoms with Gasteiger partial charge in [-0.2, -0.15) is 8.78 Å². The first-order valence-corrected chi connectivity index (χ1v) is 7.80. The van der Waals surface area contributed by atoms with Crippen molar-refractivity contribution in [2.24, 2.45) is 0 Å². The van der Waals surface area contributed by atoms with Crippen LogP contribution in [0, 0.1) is 0 Å². The quantitative estimate of drug-likeness (QED) is 0.817. The molecular formula is C14H17F2N3O2S. The Bertz CT molecular complexity index is 537. The van der Waals surface area contributed by atoms with Gasteiger partial charge in [0.2, 0.25) is 5.91 Å². The first-order valence-electron chi connectivity index (χ1n) is 6.93. The van der Waals surface area contributed by atoms with Gasteiger partial charge in [-0.15, -0.1) is 0 Å². The minimum atomic E-state index is -2.57. The lowest BCUT2D eigenvalue weighted by atomic mass is 10.3. The highest BCUT2D eigenvalue weighted by Crippen LogP contribution is 2.31. The number of carbonyl (C=O) groups excluding carboxylic acids is 2. The number of halogens is 2. The molecule has 0 bridgehead atoms. The number of hydrogen-bond donors (Lipinski definition) is 2. The third-order valence-electron chi connectivity index (χ3n) is 3.21. The van der Waals surface area contributed by atoms with Gasteiger partial charge in [-0.3, -0.25) is 4.79 Å². The van der Waals surface area contributed by atoms with Gasteiger partial charge < -0.3 is 15.5 Å². The van der Waals surface area contributed by atoms with Crippen LogP contribution in [0.5, 0.6) is 0 Å². The highest BCUT2D eigenvalue weighted by molar-refractivity contribution is 7.99. The summed E-state index contributed by atoms with van der Waals surface area (Å²) in [6.07, 6.45) is 1.96. The predicted molar refractivity (Wildman–Crippen MR) is 81.1 cm³/mol. The maximum Gasteiger partial charge on any atom is 0.319 e. The molecule has 1 aliphatic heterocycles. The second-order valence-corrected chi connectivity index (χ2v) is 5.80. The molecule has 2 N–H and O–H groups in total. The topological polar surface area (TPSA) is 61.4 Å². The van der Waals surface area contributed by atoms with E-state index in [1.807, 2.05) is 0 Å². The third kappa shape index (κ3) is 4.87. The molecule has 3 amide bonds. The van der Waals surface area contributed by atoms with Crippen LogP contribution in [0.15, 0.2) is 29.2 Å². The van der Waals surface area contributed by atoms with Crippen LogP contribution in [0.25, 0.3) is 0 Å². The molecule has 0 spiro atoms. The maximum absolute atomic E-state index is 12.4. The summed E-state index contributed by atoms with van der Waals surface area (Å²) in [6, 6.07) is 5.70. The largest absolute Gasteiger partial charge is 0.341 e. The number of thioether (sulfide) groups is 1. The van der Waals surface area contributed by atoms with Crippen LogP contribution in [-0.2, 0) is 4.79 Å². The smallest absolute Gasteiger partial charge is 0.319 e. The Morgan fingerprint density at radius 1 is 1.23 bits per heavy atom. The van der Waals surface area contributed by atoms with Gasteiger partial charge in [-0.25, -0.2) is 4.79 Å². The summed E-state index contributed by atoms with van der Waals surface area (Å²) in [7, 11) is 0. The molecule has 0 aliphatic carbocycles. The lowest BCUT2D eigenvalue weighted by Gasteiger charge is -2.16. The van der Waals surface area contributed by atoms with Crippen molar-refractivity contribution in [1.29, 1.82) is 0 Å². The van der Waals surface area contributed by atoms with E-state index < -0.39 is 11.8 Å². The number of carbonyl (C=O) groups is 2. The summed E-state index contributed by atoms with van der Waals surface area (Å²) < 4.78 is 24.9. The van der Waals surface area contributed by atoms with Gasteiger partial charge >= 0.3 is 6.03 Å². The number of para-hydroxylation sites is 1. The minimum absolute atomic E-state index is 0.101. The Balaban J connectivity index is 1.85. The molecular weight excluding hydrogens is 312 g/mol. The van der Waals surface area contributed by atoms with E-state index in [0.717, 1.165) is 25.9 Å². The van der Waals surface area contributed by atoms with Crippen LogP contribution in [0.2, 0.25) is 0 Å². The van der Waals surface area contributed by atoms with Crippen LogP contribution in [-0.4, -0.2) is 42.2 Å². The number of urea groups is 1. The Hall–Kier alpha value is -1.83. The molecule has 0 saturated carbocycles. The van der Waals surface area contributed by atoms with Gasteiger partial charge in [0.05, 0.1) is 12.2 Å². The molecule has 22 heavy (non-hydrogen) atoms. The van der Waals surface area contributed by atoms with E-state index in [4.69, 9.17) is 0 Å². The van der Waals surface area contributed by atoms with E-state index >= 15 is 0 Å². The molecule has 0 aromatic heterocycles. The standard InChI is InChI=1S/C14H17F2N3O2S/c15-13(16)22-11-6-2-1-5-10(11)18-14(21)17-9-12(20)19-7-3-4-8-19/h1-2,5-6,13H,3-4,7-9H2,(H2,17,18,21). The van der Waals surface area contributed by atoms with E-state index in [1.54, 1.807) is 17.0 Å². The van der Waals surface area contributed by atoms with Crippen LogP contribution < -0.4 is 10.6 Å². The molecule has 1 aliphatic rings. The van der Waals surface area contributed by atoms with Crippen LogP contribution in [0.4, 0.5) is 19.3 Å². The van der Waals surface area contributed by atoms with Crippen LogP contribution >= 0.6 is 11.8 Å². The van der Waals surface area contributed by atoms with Gasteiger partial charge in [-0.05, 0) is 25.0 Å². The Morgan fingerprint density at radius 2 is 1.91 bits per heavy atom. The summed E-state index contributed by atoms with van der Waals surface area (Å²) in [5.41, 5.74) is 0.291. The number of rotatable bonds is 5. The number of nitrogens with zero attached hydrogens (tertiary/aromatic N) is 1. The molecule has 1 aromatic rings. The second-order valence-electron chi connectivity index (χ2n) is 4.77. The molecule has 2 rings (SSSR count). The number of benzene rings is 1. The zero-order valence-electron chi connectivity index (χ0n) is 11.9. The van der Waals surface area contributed by atoms with Crippen molar-refractivity contribution in [3.63, 3.8) is 0 Å². The van der Waals surface area contributed by atoms with E-state index in [0.29, 0.717) is 17.4 Å². The van der Waals surface area contributed by atoms with E-state index in [-0.39, 0.29) is 17.3 Å². The molecule has 0 radical (unpaired) electrons. The zero-order valence-corrected chi connectivity index (χ0v) is 12.7. The van der Waals surface area contributed by atoms with Crippen molar-refractivity contribution in [1.82, 2.24) is 10.2 Å². The van der Waals surface area contributed by atoms with Crippen molar-refractivity contribution in [3.05, 3.63) is 24.3 Å². The maximum atomic E-state index is 12.4. The number of nitrogens with one attached hydrogen (secondary N) is 2. The Kier molecular flexibility index (Phi) is 6.00. The van der Waals surface area contributed by atoms with E-state index in [9.17, 15) is 18.4 Å². The molecule has 120 valence electrons. The highest BCUT2D eigenvalue weighted by atomic mass is 32.2. The first-order chi connectivity index (χ1) is 10.6. The predicted octanol–water partition coefficient (Wildman–Crippen LogP) is 2.75. The number of anilines is 1. The van der Waals surface area contributed by atoms with E-state index in [1.165, 1.54) is 12.1 Å². The number of alkyl halides is 2. The summed E-state index contributed by atoms with van der Waals surface area (Å²) in [4.78, 5) is 25.5. The summed E-state index contributed by atoms with van der Waals surface area (Å²) in [5, 5.41) is 4.94. The molecule has 0 unspecified atom stereocenters. The molecule has 8 heteroatoms. The summed E-state index contributed by atoms with van der Waals surface area (Å²) in [5.74, 6) is -2.70. The van der Waals surface area contributed by atoms with Crippen molar-refractivity contribution in [2.75, 3.05) is 25.0 Å². The third-order valence-corrected chi connectivity index (χ3v) is 4.00. The zero-order chi connectivity index (χ0) is 15.9. The lowest BCUT2D eigenvalue weighted by molar-refractivity contribution is -0.128. The van der Waals surface area contributed by atoms with Gasteiger partial charge in [-0.1, -0.05) is 23.9 Å². The fourth-order valence-electron chi connectivity index (χ4n) is 2.17. The first kappa shape index (κ1) is 16.5. The summed E-state index contributed by atoms with van der Waals surface area (Å²) in [6.45, 7) is 1.34. The molecule has 1 fully saturated rings. The fourth-order valence-corrected chi connectivity index (χ4v) is 2.76.